The molecule has 0 bridgehead atoms. The standard InChI is InChI=1S/C21H22FN3O5/c1-29-11-10-24-18(13-19(26)23-15-8-6-14(22)7-9-15)20(27)25(21(24)28)16-4-3-5-17(12-16)30-2/h3-9,12,18H,10-11,13H2,1-2H3,(H,23,26)/t18-/m0/s1. The van der Waals surface area contributed by atoms with E-state index in [-0.39, 0.29) is 19.6 Å². The summed E-state index contributed by atoms with van der Waals surface area (Å²) in [6.07, 6.45) is -0.244. The van der Waals surface area contributed by atoms with Crippen LogP contribution in [0.2, 0.25) is 0 Å². The van der Waals surface area contributed by atoms with Crippen molar-refractivity contribution in [1.29, 1.82) is 0 Å². The highest BCUT2D eigenvalue weighted by molar-refractivity contribution is 6.22. The maximum absolute atomic E-state index is 13.1. The van der Waals surface area contributed by atoms with Gasteiger partial charge in [0.25, 0.3) is 5.91 Å². The number of nitrogens with one attached hydrogen (secondary N) is 1. The molecule has 0 unspecified atom stereocenters. The first-order valence-electron chi connectivity index (χ1n) is 9.27. The van der Waals surface area contributed by atoms with Crippen molar-refractivity contribution in [3.05, 3.63) is 54.3 Å². The lowest BCUT2D eigenvalue weighted by molar-refractivity contribution is -0.124. The number of carbonyl (C=O) groups excluding carboxylic acids is 3. The molecule has 9 heteroatoms. The number of imide groups is 1. The summed E-state index contributed by atoms with van der Waals surface area (Å²) in [5.41, 5.74) is 0.750. The molecule has 2 aromatic rings. The van der Waals surface area contributed by atoms with Crippen LogP contribution in [0, 0.1) is 5.82 Å². The van der Waals surface area contributed by atoms with E-state index in [4.69, 9.17) is 9.47 Å². The third kappa shape index (κ3) is 4.57. The van der Waals surface area contributed by atoms with E-state index in [0.29, 0.717) is 17.1 Å². The number of ether oxygens (including phenoxy) is 2. The molecule has 0 aromatic heterocycles. The normalized spacial score (nSPS) is 16.2. The van der Waals surface area contributed by atoms with Crippen molar-refractivity contribution in [1.82, 2.24) is 4.90 Å². The Hall–Kier alpha value is -3.46. The fourth-order valence-corrected chi connectivity index (χ4v) is 3.19. The average Bonchev–Trinajstić information content (AvgIpc) is 2.97. The number of carbonyl (C=O) groups is 3. The highest BCUT2D eigenvalue weighted by Gasteiger charge is 2.46. The molecule has 0 spiro atoms. The maximum atomic E-state index is 13.1. The van der Waals surface area contributed by atoms with Crippen LogP contribution in [-0.2, 0) is 14.3 Å². The molecule has 1 fully saturated rings. The summed E-state index contributed by atoms with van der Waals surface area (Å²) in [6.45, 7) is 0.358. The number of anilines is 2. The van der Waals surface area contributed by atoms with Crippen LogP contribution in [0.15, 0.2) is 48.5 Å². The van der Waals surface area contributed by atoms with Gasteiger partial charge in [0, 0.05) is 25.4 Å². The molecule has 0 aliphatic carbocycles. The van der Waals surface area contributed by atoms with Crippen molar-refractivity contribution in [3.8, 4) is 5.75 Å². The Labute approximate surface area is 173 Å². The van der Waals surface area contributed by atoms with Gasteiger partial charge in [-0.2, -0.15) is 0 Å². The number of benzene rings is 2. The third-order valence-electron chi connectivity index (χ3n) is 4.67. The molecule has 0 radical (unpaired) electrons. The van der Waals surface area contributed by atoms with Crippen LogP contribution >= 0.6 is 0 Å². The van der Waals surface area contributed by atoms with Crippen molar-refractivity contribution >= 4 is 29.2 Å². The summed E-state index contributed by atoms with van der Waals surface area (Å²) >= 11 is 0. The van der Waals surface area contributed by atoms with Crippen LogP contribution in [0.3, 0.4) is 0 Å². The summed E-state index contributed by atoms with van der Waals surface area (Å²) < 4.78 is 23.3. The summed E-state index contributed by atoms with van der Waals surface area (Å²) in [5.74, 6) is -0.917. The lowest BCUT2D eigenvalue weighted by atomic mass is 10.1. The minimum absolute atomic E-state index is 0.149. The number of urea groups is 1. The van der Waals surface area contributed by atoms with Crippen molar-refractivity contribution in [3.63, 3.8) is 0 Å². The second-order valence-electron chi connectivity index (χ2n) is 6.62. The van der Waals surface area contributed by atoms with Crippen molar-refractivity contribution in [2.24, 2.45) is 0 Å². The van der Waals surface area contributed by atoms with Gasteiger partial charge in [0.05, 0.1) is 25.8 Å². The molecule has 1 saturated heterocycles. The summed E-state index contributed by atoms with van der Waals surface area (Å²) in [5, 5.41) is 2.62. The molecule has 1 aliphatic heterocycles. The Morgan fingerprint density at radius 3 is 2.53 bits per heavy atom. The lowest BCUT2D eigenvalue weighted by Gasteiger charge is -2.21. The molecule has 1 aliphatic rings. The van der Waals surface area contributed by atoms with Crippen LogP contribution in [0.25, 0.3) is 0 Å². The van der Waals surface area contributed by atoms with Gasteiger partial charge in [-0.25, -0.2) is 14.1 Å². The van der Waals surface area contributed by atoms with E-state index < -0.39 is 29.7 Å². The monoisotopic (exact) mass is 415 g/mol. The van der Waals surface area contributed by atoms with Gasteiger partial charge in [0.1, 0.15) is 17.6 Å². The van der Waals surface area contributed by atoms with E-state index in [2.05, 4.69) is 5.32 Å². The summed E-state index contributed by atoms with van der Waals surface area (Å²) in [7, 11) is 2.97. The minimum atomic E-state index is -0.987. The van der Waals surface area contributed by atoms with Gasteiger partial charge in [-0.15, -0.1) is 0 Å². The van der Waals surface area contributed by atoms with E-state index in [9.17, 15) is 18.8 Å². The van der Waals surface area contributed by atoms with Crippen LogP contribution in [0.1, 0.15) is 6.42 Å². The summed E-state index contributed by atoms with van der Waals surface area (Å²) in [4.78, 5) is 40.9. The van der Waals surface area contributed by atoms with Gasteiger partial charge in [0.15, 0.2) is 0 Å². The molecule has 8 nitrogen and oxygen atoms in total. The number of nitrogens with zero attached hydrogens (tertiary/aromatic N) is 2. The van der Waals surface area contributed by atoms with E-state index in [0.717, 1.165) is 4.90 Å². The van der Waals surface area contributed by atoms with Gasteiger partial charge in [-0.05, 0) is 36.4 Å². The van der Waals surface area contributed by atoms with Crippen LogP contribution in [-0.4, -0.2) is 56.2 Å². The van der Waals surface area contributed by atoms with Gasteiger partial charge in [0.2, 0.25) is 5.91 Å². The number of hydrogen-bond donors (Lipinski definition) is 1. The molecule has 4 amide bonds. The molecule has 3 rings (SSSR count). The van der Waals surface area contributed by atoms with Crippen molar-refractivity contribution in [2.75, 3.05) is 37.6 Å². The molecule has 2 aromatic carbocycles. The Morgan fingerprint density at radius 2 is 1.87 bits per heavy atom. The predicted molar refractivity (Wildman–Crippen MR) is 108 cm³/mol. The topological polar surface area (TPSA) is 88.2 Å². The molecule has 1 heterocycles. The largest absolute Gasteiger partial charge is 0.497 e. The Bertz CT molecular complexity index is 934. The molecule has 0 saturated carbocycles. The lowest BCUT2D eigenvalue weighted by Crippen LogP contribution is -2.39. The minimum Gasteiger partial charge on any atom is -0.497 e. The molecule has 1 N–H and O–H groups in total. The SMILES string of the molecule is COCCN1C(=O)N(c2cccc(OC)c2)C(=O)[C@@H]1CC(=O)Nc1ccc(F)cc1. The van der Waals surface area contributed by atoms with Crippen LogP contribution in [0.5, 0.6) is 5.75 Å². The van der Waals surface area contributed by atoms with Gasteiger partial charge < -0.3 is 19.7 Å². The zero-order chi connectivity index (χ0) is 21.7. The number of hydrogen-bond acceptors (Lipinski definition) is 5. The van der Waals surface area contributed by atoms with E-state index in [1.165, 1.54) is 43.4 Å². The number of methoxy groups -OCH3 is 2. The Kier molecular flexibility index (Phi) is 6.63. The van der Waals surface area contributed by atoms with Crippen LogP contribution in [0.4, 0.5) is 20.6 Å². The maximum Gasteiger partial charge on any atom is 0.332 e. The van der Waals surface area contributed by atoms with Gasteiger partial charge >= 0.3 is 6.03 Å². The number of rotatable bonds is 8. The van der Waals surface area contributed by atoms with E-state index in [1.807, 2.05) is 0 Å². The van der Waals surface area contributed by atoms with Gasteiger partial charge in [-0.1, -0.05) is 6.07 Å². The quantitative estimate of drug-likeness (QED) is 0.670. The Balaban J connectivity index is 1.81. The smallest absolute Gasteiger partial charge is 0.332 e. The molecule has 30 heavy (non-hydrogen) atoms. The first-order chi connectivity index (χ1) is 14.4. The second kappa shape index (κ2) is 9.36. The first kappa shape index (κ1) is 21.3. The average molecular weight is 415 g/mol. The fraction of sp³-hybridized carbons (Fsp3) is 0.286. The third-order valence-corrected chi connectivity index (χ3v) is 4.67. The summed E-state index contributed by atoms with van der Waals surface area (Å²) in [6, 6.07) is 10.3. The highest BCUT2D eigenvalue weighted by atomic mass is 19.1. The van der Waals surface area contributed by atoms with Crippen molar-refractivity contribution < 1.29 is 28.2 Å². The predicted octanol–water partition coefficient (Wildman–Crippen LogP) is 2.65. The van der Waals surface area contributed by atoms with E-state index in [1.54, 1.807) is 24.3 Å². The number of amides is 4. The molecular formula is C21H22FN3O5. The Morgan fingerprint density at radius 1 is 1.13 bits per heavy atom. The van der Waals surface area contributed by atoms with Gasteiger partial charge in [-0.3, -0.25) is 9.59 Å². The molecule has 158 valence electrons. The zero-order valence-electron chi connectivity index (χ0n) is 16.6. The molecule has 1 atom stereocenters. The van der Waals surface area contributed by atoms with Crippen LogP contribution < -0.4 is 15.0 Å². The highest BCUT2D eigenvalue weighted by Crippen LogP contribution is 2.29. The second-order valence-corrected chi connectivity index (χ2v) is 6.62. The fourth-order valence-electron chi connectivity index (χ4n) is 3.19. The zero-order valence-corrected chi connectivity index (χ0v) is 16.6. The van der Waals surface area contributed by atoms with E-state index >= 15 is 0 Å². The first-order valence-corrected chi connectivity index (χ1v) is 9.27. The molecular weight excluding hydrogens is 393 g/mol. The number of halogens is 1. The van der Waals surface area contributed by atoms with Crippen molar-refractivity contribution in [2.45, 2.75) is 12.5 Å².